The maximum atomic E-state index is 13.4. The lowest BCUT2D eigenvalue weighted by Gasteiger charge is -2.35. The summed E-state index contributed by atoms with van der Waals surface area (Å²) in [7, 11) is 0. The van der Waals surface area contributed by atoms with Crippen LogP contribution in [0.5, 0.6) is 0 Å². The summed E-state index contributed by atoms with van der Waals surface area (Å²) in [6, 6.07) is 17.3. The zero-order chi connectivity index (χ0) is 22.8. The molecule has 0 spiro atoms. The van der Waals surface area contributed by atoms with Gasteiger partial charge in [-0.05, 0) is 70.4 Å². The third-order valence-corrected chi connectivity index (χ3v) is 6.63. The maximum absolute atomic E-state index is 13.4. The summed E-state index contributed by atoms with van der Waals surface area (Å²) in [5, 5.41) is 0. The maximum Gasteiger partial charge on any atom is 0.185 e. The highest BCUT2D eigenvalue weighted by Gasteiger charge is 2.34. The quantitative estimate of drug-likeness (QED) is 0.459. The SMILES string of the molecule is CC(C)c1ccc(/C=C2/CC(C(C)(C)C)C/C(=C\c3ccc(C(C)C)cc3)C2=O)cc1. The third kappa shape index (κ3) is 5.85. The van der Waals surface area contributed by atoms with Crippen LogP contribution in [0.25, 0.3) is 12.2 Å². The minimum atomic E-state index is 0.155. The van der Waals surface area contributed by atoms with Crippen molar-refractivity contribution in [1.82, 2.24) is 0 Å². The second kappa shape index (κ2) is 9.39. The van der Waals surface area contributed by atoms with Gasteiger partial charge in [0.15, 0.2) is 5.78 Å². The molecule has 0 saturated heterocycles. The monoisotopic (exact) mass is 414 g/mol. The summed E-state index contributed by atoms with van der Waals surface area (Å²) in [6.07, 6.45) is 5.91. The summed E-state index contributed by atoms with van der Waals surface area (Å²) in [5.74, 6) is 1.69. The van der Waals surface area contributed by atoms with Crippen LogP contribution in [0.1, 0.15) is 95.4 Å². The highest BCUT2D eigenvalue weighted by atomic mass is 16.1. The molecule has 31 heavy (non-hydrogen) atoms. The summed E-state index contributed by atoms with van der Waals surface area (Å²) in [6.45, 7) is 15.7. The van der Waals surface area contributed by atoms with Crippen molar-refractivity contribution in [2.24, 2.45) is 11.3 Å². The van der Waals surface area contributed by atoms with Crippen LogP contribution < -0.4 is 0 Å². The van der Waals surface area contributed by atoms with E-state index in [1.165, 1.54) is 11.1 Å². The fourth-order valence-corrected chi connectivity index (χ4v) is 4.21. The average molecular weight is 415 g/mol. The molecular formula is C30H38O. The van der Waals surface area contributed by atoms with Gasteiger partial charge in [-0.1, -0.05) is 97.0 Å². The molecule has 3 rings (SSSR count). The molecule has 1 atom stereocenters. The van der Waals surface area contributed by atoms with Crippen molar-refractivity contribution in [3.05, 3.63) is 81.9 Å². The zero-order valence-corrected chi connectivity index (χ0v) is 20.3. The van der Waals surface area contributed by atoms with Gasteiger partial charge in [0.1, 0.15) is 0 Å². The Kier molecular flexibility index (Phi) is 7.04. The zero-order valence-electron chi connectivity index (χ0n) is 20.3. The first-order valence-corrected chi connectivity index (χ1v) is 11.7. The van der Waals surface area contributed by atoms with E-state index in [0.717, 1.165) is 35.1 Å². The van der Waals surface area contributed by atoms with Gasteiger partial charge in [0.05, 0.1) is 0 Å². The first-order valence-electron chi connectivity index (χ1n) is 11.7. The van der Waals surface area contributed by atoms with Gasteiger partial charge in [0.25, 0.3) is 0 Å². The van der Waals surface area contributed by atoms with Crippen LogP contribution >= 0.6 is 0 Å². The molecule has 1 aliphatic carbocycles. The number of allylic oxidation sites excluding steroid dienone is 2. The Balaban J connectivity index is 1.95. The molecule has 1 nitrogen and oxygen atoms in total. The summed E-state index contributed by atoms with van der Waals surface area (Å²) < 4.78 is 0. The average Bonchev–Trinajstić information content (AvgIpc) is 2.71. The predicted octanol–water partition coefficient (Wildman–Crippen LogP) is 8.43. The van der Waals surface area contributed by atoms with E-state index in [9.17, 15) is 4.79 Å². The number of benzene rings is 2. The second-order valence-electron chi connectivity index (χ2n) is 10.8. The van der Waals surface area contributed by atoms with Gasteiger partial charge >= 0.3 is 0 Å². The normalized spacial score (nSPS) is 20.3. The van der Waals surface area contributed by atoms with Crippen molar-refractivity contribution in [3.63, 3.8) is 0 Å². The molecule has 0 amide bonds. The molecule has 0 bridgehead atoms. The van der Waals surface area contributed by atoms with Gasteiger partial charge in [-0.15, -0.1) is 0 Å². The van der Waals surface area contributed by atoms with E-state index < -0.39 is 0 Å². The highest BCUT2D eigenvalue weighted by Crippen LogP contribution is 2.42. The molecule has 0 aliphatic heterocycles. The summed E-state index contributed by atoms with van der Waals surface area (Å²) in [5.41, 5.74) is 6.92. The van der Waals surface area contributed by atoms with Crippen LogP contribution in [-0.4, -0.2) is 5.78 Å². The Morgan fingerprint density at radius 2 is 1.06 bits per heavy atom. The Labute approximate surface area is 189 Å². The van der Waals surface area contributed by atoms with E-state index in [1.807, 2.05) is 0 Å². The minimum absolute atomic E-state index is 0.155. The fraction of sp³-hybridized carbons (Fsp3) is 0.433. The highest BCUT2D eigenvalue weighted by molar-refractivity contribution is 6.14. The van der Waals surface area contributed by atoms with Crippen molar-refractivity contribution in [2.45, 2.75) is 73.1 Å². The molecule has 0 radical (unpaired) electrons. The molecule has 1 heteroatoms. The van der Waals surface area contributed by atoms with E-state index in [1.54, 1.807) is 0 Å². The molecule has 1 fully saturated rings. The van der Waals surface area contributed by atoms with Crippen LogP contribution in [0.2, 0.25) is 0 Å². The van der Waals surface area contributed by atoms with E-state index >= 15 is 0 Å². The van der Waals surface area contributed by atoms with Gasteiger partial charge in [0.2, 0.25) is 0 Å². The number of rotatable bonds is 4. The van der Waals surface area contributed by atoms with Crippen LogP contribution in [0.3, 0.4) is 0 Å². The Morgan fingerprint density at radius 3 is 1.35 bits per heavy atom. The van der Waals surface area contributed by atoms with E-state index in [4.69, 9.17) is 0 Å². The molecule has 2 aromatic rings. The van der Waals surface area contributed by atoms with Crippen molar-refractivity contribution in [2.75, 3.05) is 0 Å². The lowest BCUT2D eigenvalue weighted by molar-refractivity contribution is -0.113. The molecule has 1 saturated carbocycles. The largest absolute Gasteiger partial charge is 0.289 e. The first kappa shape index (κ1) is 23.3. The van der Waals surface area contributed by atoms with E-state index in [2.05, 4.69) is 109 Å². The van der Waals surface area contributed by atoms with E-state index in [-0.39, 0.29) is 11.2 Å². The molecule has 0 heterocycles. The van der Waals surface area contributed by atoms with Crippen LogP contribution in [0.15, 0.2) is 59.7 Å². The number of carbonyl (C=O) groups is 1. The topological polar surface area (TPSA) is 17.1 Å². The van der Waals surface area contributed by atoms with Crippen LogP contribution in [0, 0.1) is 11.3 Å². The molecule has 164 valence electrons. The molecular weight excluding hydrogens is 376 g/mol. The standard InChI is InChI=1S/C30H38O/c1-20(2)24-12-8-22(9-13-24)16-26-18-28(30(5,6)7)19-27(29(26)31)17-23-10-14-25(15-11-23)21(3)4/h8-17,20-21,28H,18-19H2,1-7H3/b26-16-,27-17+. The van der Waals surface area contributed by atoms with Crippen molar-refractivity contribution >= 4 is 17.9 Å². The van der Waals surface area contributed by atoms with Crippen LogP contribution in [0.4, 0.5) is 0 Å². The minimum Gasteiger partial charge on any atom is -0.289 e. The van der Waals surface area contributed by atoms with Crippen molar-refractivity contribution in [1.29, 1.82) is 0 Å². The van der Waals surface area contributed by atoms with Crippen molar-refractivity contribution in [3.8, 4) is 0 Å². The van der Waals surface area contributed by atoms with Crippen LogP contribution in [-0.2, 0) is 4.79 Å². The Hall–Kier alpha value is -2.41. The number of hydrogen-bond acceptors (Lipinski definition) is 1. The number of carbonyl (C=O) groups excluding carboxylic acids is 1. The molecule has 0 N–H and O–H groups in total. The summed E-state index contributed by atoms with van der Waals surface area (Å²) >= 11 is 0. The van der Waals surface area contributed by atoms with Gasteiger partial charge in [-0.2, -0.15) is 0 Å². The fourth-order valence-electron chi connectivity index (χ4n) is 4.21. The first-order chi connectivity index (χ1) is 14.5. The van der Waals surface area contributed by atoms with E-state index in [0.29, 0.717) is 17.8 Å². The molecule has 0 aromatic heterocycles. The Bertz CT molecular complexity index is 887. The molecule has 1 unspecified atom stereocenters. The third-order valence-electron chi connectivity index (χ3n) is 6.63. The van der Waals surface area contributed by atoms with Gasteiger partial charge in [0, 0.05) is 11.1 Å². The Morgan fingerprint density at radius 1 is 0.710 bits per heavy atom. The predicted molar refractivity (Wildman–Crippen MR) is 134 cm³/mol. The molecule has 2 aromatic carbocycles. The van der Waals surface area contributed by atoms with Crippen molar-refractivity contribution < 1.29 is 4.79 Å². The number of Topliss-reactive ketones (excluding diaryl/α,β-unsaturated/α-hetero) is 1. The number of ketones is 1. The second-order valence-corrected chi connectivity index (χ2v) is 10.8. The van der Waals surface area contributed by atoms with Gasteiger partial charge in [-0.25, -0.2) is 0 Å². The lowest BCUT2D eigenvalue weighted by Crippen LogP contribution is -2.29. The molecule has 1 aliphatic rings. The van der Waals surface area contributed by atoms with Gasteiger partial charge < -0.3 is 0 Å². The smallest absolute Gasteiger partial charge is 0.185 e. The lowest BCUT2D eigenvalue weighted by atomic mass is 9.68. The number of hydrogen-bond donors (Lipinski definition) is 0. The summed E-state index contributed by atoms with van der Waals surface area (Å²) in [4.78, 5) is 13.4. The van der Waals surface area contributed by atoms with Gasteiger partial charge in [-0.3, -0.25) is 4.79 Å².